The molecular weight excluding hydrogens is 298 g/mol. The molecule has 0 aliphatic carbocycles. The molecule has 0 amide bonds. The predicted molar refractivity (Wildman–Crippen MR) is 83.5 cm³/mol. The van der Waals surface area contributed by atoms with E-state index in [1.165, 1.54) is 12.8 Å². The number of thiophene rings is 1. The smallest absolute Gasteiger partial charge is 0.258 e. The maximum Gasteiger partial charge on any atom is 0.258 e. The number of hydrogen-bond acceptors (Lipinski definition) is 6. The zero-order chi connectivity index (χ0) is 14.8. The van der Waals surface area contributed by atoms with Gasteiger partial charge in [-0.3, -0.25) is 4.90 Å². The van der Waals surface area contributed by atoms with Crippen molar-refractivity contribution < 1.29 is 4.52 Å². The summed E-state index contributed by atoms with van der Waals surface area (Å²) in [4.78, 5) is 14.5. The number of nitrogens with one attached hydrogen (secondary N) is 1. The minimum absolute atomic E-state index is 0.465. The molecule has 4 rings (SSSR count). The van der Waals surface area contributed by atoms with E-state index < -0.39 is 0 Å². The van der Waals surface area contributed by atoms with Crippen molar-refractivity contribution in [3.63, 3.8) is 0 Å². The van der Waals surface area contributed by atoms with E-state index in [1.54, 1.807) is 11.3 Å². The first kappa shape index (κ1) is 13.7. The van der Waals surface area contributed by atoms with Gasteiger partial charge in [0.25, 0.3) is 5.89 Å². The molecule has 1 aliphatic heterocycles. The van der Waals surface area contributed by atoms with Gasteiger partial charge < -0.3 is 9.51 Å². The molecule has 0 aromatic carbocycles. The Morgan fingerprint density at radius 1 is 1.45 bits per heavy atom. The fourth-order valence-electron chi connectivity index (χ4n) is 2.94. The number of nitrogens with zero attached hydrogens (tertiary/aromatic N) is 4. The molecule has 0 spiro atoms. The van der Waals surface area contributed by atoms with Gasteiger partial charge in [0.05, 0.1) is 12.1 Å². The Kier molecular flexibility index (Phi) is 3.74. The summed E-state index contributed by atoms with van der Waals surface area (Å²) in [6.45, 7) is 2.78. The Bertz CT molecular complexity index is 706. The average Bonchev–Trinajstić information content (AvgIpc) is 3.29. The van der Waals surface area contributed by atoms with E-state index in [4.69, 9.17) is 4.52 Å². The molecule has 1 aliphatic rings. The van der Waals surface area contributed by atoms with Gasteiger partial charge in [-0.05, 0) is 30.8 Å². The minimum Gasteiger partial charge on any atom is -0.348 e. The second-order valence-electron chi connectivity index (χ2n) is 5.58. The van der Waals surface area contributed by atoms with Crippen molar-refractivity contribution in [3.05, 3.63) is 40.9 Å². The number of hydrogen-bond donors (Lipinski definition) is 1. The van der Waals surface area contributed by atoms with E-state index in [-0.39, 0.29) is 0 Å². The fraction of sp³-hybridized carbons (Fsp3) is 0.400. The Labute approximate surface area is 132 Å². The van der Waals surface area contributed by atoms with Crippen LogP contribution in [-0.2, 0) is 6.54 Å². The third kappa shape index (κ3) is 2.82. The van der Waals surface area contributed by atoms with E-state index in [2.05, 4.69) is 25.0 Å². The number of likely N-dealkylation sites (tertiary alicyclic amines) is 1. The summed E-state index contributed by atoms with van der Waals surface area (Å²) < 4.78 is 5.35. The number of H-pyrrole nitrogens is 1. The largest absolute Gasteiger partial charge is 0.348 e. The van der Waals surface area contributed by atoms with E-state index in [1.807, 2.05) is 29.2 Å². The van der Waals surface area contributed by atoms with Crippen LogP contribution in [0.4, 0.5) is 0 Å². The number of piperidine rings is 1. The lowest BCUT2D eigenvalue weighted by atomic mass is 9.97. The highest BCUT2D eigenvalue weighted by Gasteiger charge is 2.24. The molecule has 4 heterocycles. The molecular formula is C15H17N5OS. The van der Waals surface area contributed by atoms with Crippen molar-refractivity contribution >= 4 is 11.3 Å². The third-order valence-electron chi connectivity index (χ3n) is 4.01. The van der Waals surface area contributed by atoms with E-state index in [0.717, 1.165) is 36.8 Å². The monoisotopic (exact) mass is 315 g/mol. The van der Waals surface area contributed by atoms with Crippen LogP contribution in [0.15, 0.2) is 33.7 Å². The number of aromatic nitrogens is 4. The zero-order valence-electron chi connectivity index (χ0n) is 12.1. The van der Waals surface area contributed by atoms with Crippen LogP contribution >= 0.6 is 11.3 Å². The molecule has 22 heavy (non-hydrogen) atoms. The van der Waals surface area contributed by atoms with Gasteiger partial charge >= 0.3 is 0 Å². The van der Waals surface area contributed by atoms with Crippen LogP contribution in [0.3, 0.4) is 0 Å². The first-order chi connectivity index (χ1) is 10.9. The lowest BCUT2D eigenvalue weighted by molar-refractivity contribution is 0.190. The number of rotatable bonds is 4. The molecule has 3 aromatic heterocycles. The van der Waals surface area contributed by atoms with E-state index in [0.29, 0.717) is 11.8 Å². The molecule has 0 bridgehead atoms. The summed E-state index contributed by atoms with van der Waals surface area (Å²) in [6, 6.07) is 2.00. The number of imidazole rings is 1. The van der Waals surface area contributed by atoms with Gasteiger partial charge in [-0.1, -0.05) is 5.16 Å². The summed E-state index contributed by atoms with van der Waals surface area (Å²) in [5.41, 5.74) is 0.996. The predicted octanol–water partition coefficient (Wildman–Crippen LogP) is 2.90. The molecule has 0 radical (unpaired) electrons. The molecule has 6 nitrogen and oxygen atoms in total. The van der Waals surface area contributed by atoms with Crippen LogP contribution in [-0.4, -0.2) is 38.1 Å². The SMILES string of the molecule is c1c[nH]c(C2CCCN(Cc3noc(-c4ccsc4)n3)C2)n1. The molecule has 1 N–H and O–H groups in total. The van der Waals surface area contributed by atoms with Gasteiger partial charge in [0, 0.05) is 30.2 Å². The van der Waals surface area contributed by atoms with Gasteiger partial charge in [-0.2, -0.15) is 16.3 Å². The van der Waals surface area contributed by atoms with Crippen LogP contribution < -0.4 is 0 Å². The van der Waals surface area contributed by atoms with Crippen LogP contribution in [0.25, 0.3) is 11.5 Å². The van der Waals surface area contributed by atoms with Crippen molar-refractivity contribution in [1.29, 1.82) is 0 Å². The highest BCUT2D eigenvalue weighted by molar-refractivity contribution is 7.08. The van der Waals surface area contributed by atoms with E-state index >= 15 is 0 Å². The Morgan fingerprint density at radius 2 is 2.45 bits per heavy atom. The zero-order valence-corrected chi connectivity index (χ0v) is 12.9. The fourth-order valence-corrected chi connectivity index (χ4v) is 3.57. The third-order valence-corrected chi connectivity index (χ3v) is 4.70. The summed E-state index contributed by atoms with van der Waals surface area (Å²) in [6.07, 6.45) is 6.05. The van der Waals surface area contributed by atoms with Crippen molar-refractivity contribution in [2.75, 3.05) is 13.1 Å². The van der Waals surface area contributed by atoms with E-state index in [9.17, 15) is 0 Å². The van der Waals surface area contributed by atoms with Crippen molar-refractivity contribution in [2.45, 2.75) is 25.3 Å². The van der Waals surface area contributed by atoms with Crippen LogP contribution in [0.1, 0.15) is 30.4 Å². The minimum atomic E-state index is 0.465. The standard InChI is InChI=1S/C15H17N5OS/c1-2-11(14-16-4-5-17-14)8-20(6-1)9-13-18-15(21-19-13)12-3-7-22-10-12/h3-5,7,10-11H,1-2,6,8-9H2,(H,16,17). The van der Waals surface area contributed by atoms with Gasteiger partial charge in [-0.15, -0.1) is 0 Å². The lowest BCUT2D eigenvalue weighted by Crippen LogP contribution is -2.34. The quantitative estimate of drug-likeness (QED) is 0.801. The summed E-state index contributed by atoms with van der Waals surface area (Å²) in [7, 11) is 0. The normalized spacial score (nSPS) is 19.5. The molecule has 1 unspecified atom stereocenters. The summed E-state index contributed by atoms with van der Waals surface area (Å²) in [5, 5.41) is 8.14. The second kappa shape index (κ2) is 6.02. The Morgan fingerprint density at radius 3 is 3.27 bits per heavy atom. The topological polar surface area (TPSA) is 70.8 Å². The second-order valence-corrected chi connectivity index (χ2v) is 6.36. The molecule has 7 heteroatoms. The summed E-state index contributed by atoms with van der Waals surface area (Å²) >= 11 is 1.63. The highest BCUT2D eigenvalue weighted by Crippen LogP contribution is 2.25. The Hall–Kier alpha value is -1.99. The van der Waals surface area contributed by atoms with Crippen molar-refractivity contribution in [2.24, 2.45) is 0 Å². The summed E-state index contributed by atoms with van der Waals surface area (Å²) in [5.74, 6) is 2.90. The maximum absolute atomic E-state index is 5.35. The lowest BCUT2D eigenvalue weighted by Gasteiger charge is -2.30. The molecule has 1 saturated heterocycles. The molecule has 1 fully saturated rings. The van der Waals surface area contributed by atoms with Crippen molar-refractivity contribution in [1.82, 2.24) is 25.0 Å². The number of aromatic amines is 1. The van der Waals surface area contributed by atoms with Gasteiger partial charge in [-0.25, -0.2) is 4.98 Å². The average molecular weight is 315 g/mol. The molecule has 1 atom stereocenters. The maximum atomic E-state index is 5.35. The Balaban J connectivity index is 1.43. The molecule has 3 aromatic rings. The molecule has 0 saturated carbocycles. The van der Waals surface area contributed by atoms with Crippen LogP contribution in [0.2, 0.25) is 0 Å². The molecule has 114 valence electrons. The first-order valence-electron chi connectivity index (χ1n) is 7.45. The van der Waals surface area contributed by atoms with Crippen molar-refractivity contribution in [3.8, 4) is 11.5 Å². The van der Waals surface area contributed by atoms with Gasteiger partial charge in [0.15, 0.2) is 5.82 Å². The van der Waals surface area contributed by atoms with Crippen LogP contribution in [0, 0.1) is 0 Å². The highest BCUT2D eigenvalue weighted by atomic mass is 32.1. The van der Waals surface area contributed by atoms with Gasteiger partial charge in [0.1, 0.15) is 5.82 Å². The van der Waals surface area contributed by atoms with Crippen LogP contribution in [0.5, 0.6) is 0 Å². The first-order valence-corrected chi connectivity index (χ1v) is 8.39. The van der Waals surface area contributed by atoms with Gasteiger partial charge in [0.2, 0.25) is 0 Å².